The Morgan fingerprint density at radius 1 is 1.19 bits per heavy atom. The number of aryl methyl sites for hydroxylation is 1. The van der Waals surface area contributed by atoms with Crippen molar-refractivity contribution in [1.82, 2.24) is 6.15 Å². The van der Waals surface area contributed by atoms with E-state index in [2.05, 4.69) is 20.8 Å². The molecule has 0 saturated heterocycles. The highest BCUT2D eigenvalue weighted by Crippen LogP contribution is 2.27. The van der Waals surface area contributed by atoms with Gasteiger partial charge in [0.15, 0.2) is 0 Å². The molecule has 0 amide bonds. The molecule has 0 aliphatic carbocycles. The number of benzene rings is 1. The van der Waals surface area contributed by atoms with Crippen molar-refractivity contribution < 1.29 is 13.0 Å². The zero-order chi connectivity index (χ0) is 11.9. The van der Waals surface area contributed by atoms with Crippen LogP contribution in [0.1, 0.15) is 31.9 Å². The second kappa shape index (κ2) is 4.53. The van der Waals surface area contributed by atoms with Gasteiger partial charge in [-0.1, -0.05) is 26.8 Å². The molecule has 0 bridgehead atoms. The normalized spacial score (nSPS) is 12.1. The maximum atomic E-state index is 10.9. The highest BCUT2D eigenvalue weighted by atomic mass is 32.2. The topological polar surface area (TPSA) is 89.4 Å². The minimum Gasteiger partial charge on any atom is -0.344 e. The third kappa shape index (κ3) is 3.30. The van der Waals surface area contributed by atoms with E-state index in [0.29, 0.717) is 0 Å². The van der Waals surface area contributed by atoms with Gasteiger partial charge in [0.05, 0.1) is 4.90 Å². The van der Waals surface area contributed by atoms with Gasteiger partial charge in [0, 0.05) is 0 Å². The molecule has 16 heavy (non-hydrogen) atoms. The number of hydrogen-bond donors (Lipinski definition) is 2. The Labute approximate surface area is 97.0 Å². The van der Waals surface area contributed by atoms with E-state index in [0.717, 1.165) is 11.1 Å². The van der Waals surface area contributed by atoms with E-state index in [-0.39, 0.29) is 16.5 Å². The van der Waals surface area contributed by atoms with Crippen LogP contribution in [0.3, 0.4) is 0 Å². The van der Waals surface area contributed by atoms with Crippen molar-refractivity contribution in [2.24, 2.45) is 0 Å². The first-order valence-corrected chi connectivity index (χ1v) is 6.15. The van der Waals surface area contributed by atoms with E-state index in [9.17, 15) is 8.42 Å². The van der Waals surface area contributed by atoms with Crippen molar-refractivity contribution in [3.63, 3.8) is 0 Å². The fourth-order valence-electron chi connectivity index (χ4n) is 1.64. The molecule has 4 N–H and O–H groups in total. The van der Waals surface area contributed by atoms with Crippen molar-refractivity contribution in [3.8, 4) is 0 Å². The van der Waals surface area contributed by atoms with Crippen LogP contribution in [-0.4, -0.2) is 13.0 Å². The summed E-state index contributed by atoms with van der Waals surface area (Å²) in [6.45, 7) is 8.02. The standard InChI is InChI=1S/C11H16O3S.H3N/c1-8-7-9(15(12,13)14)5-6-10(8)11(2,3)4;/h5-7H,1-4H3,(H,12,13,14);1H3. The molecule has 0 atom stereocenters. The Hall–Kier alpha value is -0.910. The lowest BCUT2D eigenvalue weighted by Gasteiger charge is -2.21. The molecule has 0 saturated carbocycles. The molecular weight excluding hydrogens is 226 g/mol. The lowest BCUT2D eigenvalue weighted by atomic mass is 9.84. The lowest BCUT2D eigenvalue weighted by Crippen LogP contribution is -2.13. The molecule has 1 aromatic carbocycles. The summed E-state index contributed by atoms with van der Waals surface area (Å²) in [6.07, 6.45) is 0. The summed E-state index contributed by atoms with van der Waals surface area (Å²) >= 11 is 0. The smallest absolute Gasteiger partial charge is 0.294 e. The molecule has 0 unspecified atom stereocenters. The van der Waals surface area contributed by atoms with Gasteiger partial charge in [0.25, 0.3) is 10.1 Å². The molecule has 0 aliphatic rings. The SMILES string of the molecule is Cc1cc(S(=O)(=O)O)ccc1C(C)(C)C.N. The molecule has 1 aromatic rings. The molecule has 0 radical (unpaired) electrons. The van der Waals surface area contributed by atoms with Crippen LogP contribution in [0.15, 0.2) is 23.1 Å². The van der Waals surface area contributed by atoms with Gasteiger partial charge in [0.1, 0.15) is 0 Å². The first-order chi connectivity index (χ1) is 6.62. The highest BCUT2D eigenvalue weighted by molar-refractivity contribution is 7.85. The third-order valence-electron chi connectivity index (χ3n) is 2.30. The van der Waals surface area contributed by atoms with E-state index in [1.54, 1.807) is 6.07 Å². The highest BCUT2D eigenvalue weighted by Gasteiger charge is 2.18. The average molecular weight is 245 g/mol. The average Bonchev–Trinajstić information content (AvgIpc) is 1.99. The second-order valence-electron chi connectivity index (χ2n) is 4.70. The van der Waals surface area contributed by atoms with Crippen molar-refractivity contribution in [2.45, 2.75) is 38.0 Å². The van der Waals surface area contributed by atoms with Crippen molar-refractivity contribution in [1.29, 1.82) is 0 Å². The maximum absolute atomic E-state index is 10.9. The Balaban J connectivity index is 0.00000225. The molecule has 1 rings (SSSR count). The molecule has 0 aliphatic heterocycles. The fourth-order valence-corrected chi connectivity index (χ4v) is 2.20. The predicted octanol–water partition coefficient (Wildman–Crippen LogP) is 2.70. The molecule has 0 heterocycles. The van der Waals surface area contributed by atoms with Gasteiger partial charge in [-0.15, -0.1) is 0 Å². The lowest BCUT2D eigenvalue weighted by molar-refractivity contribution is 0.482. The summed E-state index contributed by atoms with van der Waals surface area (Å²) in [6, 6.07) is 4.68. The summed E-state index contributed by atoms with van der Waals surface area (Å²) in [4.78, 5) is -0.0481. The summed E-state index contributed by atoms with van der Waals surface area (Å²) in [5.41, 5.74) is 1.93. The van der Waals surface area contributed by atoms with E-state index >= 15 is 0 Å². The summed E-state index contributed by atoms with van der Waals surface area (Å²) < 4.78 is 30.7. The molecule has 4 nitrogen and oxygen atoms in total. The molecule has 5 heteroatoms. The van der Waals surface area contributed by atoms with Gasteiger partial charge < -0.3 is 6.15 Å². The first-order valence-electron chi connectivity index (χ1n) is 4.71. The van der Waals surface area contributed by atoms with Crippen LogP contribution in [0.5, 0.6) is 0 Å². The Morgan fingerprint density at radius 2 is 1.69 bits per heavy atom. The zero-order valence-corrected chi connectivity index (χ0v) is 10.9. The van der Waals surface area contributed by atoms with E-state index in [1.807, 2.05) is 6.92 Å². The minimum absolute atomic E-state index is 0. The van der Waals surface area contributed by atoms with Crippen molar-refractivity contribution >= 4 is 10.1 Å². The van der Waals surface area contributed by atoms with E-state index in [1.165, 1.54) is 12.1 Å². The summed E-state index contributed by atoms with van der Waals surface area (Å²) in [5.74, 6) is 0. The Kier molecular flexibility index (Phi) is 4.27. The largest absolute Gasteiger partial charge is 0.344 e. The second-order valence-corrected chi connectivity index (χ2v) is 6.12. The summed E-state index contributed by atoms with van der Waals surface area (Å²) in [5, 5.41) is 0. The van der Waals surface area contributed by atoms with Crippen LogP contribution < -0.4 is 6.15 Å². The molecule has 0 fully saturated rings. The first kappa shape index (κ1) is 15.1. The Morgan fingerprint density at radius 3 is 2.00 bits per heavy atom. The van der Waals surface area contributed by atoms with Gasteiger partial charge in [-0.2, -0.15) is 8.42 Å². The third-order valence-corrected chi connectivity index (χ3v) is 3.15. The maximum Gasteiger partial charge on any atom is 0.294 e. The quantitative estimate of drug-likeness (QED) is 0.744. The van der Waals surface area contributed by atoms with E-state index < -0.39 is 10.1 Å². The number of rotatable bonds is 1. The molecule has 0 aromatic heterocycles. The monoisotopic (exact) mass is 245 g/mol. The minimum atomic E-state index is -4.09. The molecular formula is C11H19NO3S. The summed E-state index contributed by atoms with van der Waals surface area (Å²) in [7, 11) is -4.09. The van der Waals surface area contributed by atoms with Crippen LogP contribution in [0.4, 0.5) is 0 Å². The van der Waals surface area contributed by atoms with Gasteiger partial charge in [0.2, 0.25) is 0 Å². The number of hydrogen-bond acceptors (Lipinski definition) is 3. The fraction of sp³-hybridized carbons (Fsp3) is 0.455. The van der Waals surface area contributed by atoms with Crippen LogP contribution in [0.25, 0.3) is 0 Å². The van der Waals surface area contributed by atoms with E-state index in [4.69, 9.17) is 4.55 Å². The van der Waals surface area contributed by atoms with Crippen LogP contribution in [0.2, 0.25) is 0 Å². The van der Waals surface area contributed by atoms with Crippen LogP contribution in [0, 0.1) is 6.92 Å². The van der Waals surface area contributed by atoms with Crippen molar-refractivity contribution in [2.75, 3.05) is 0 Å². The van der Waals surface area contributed by atoms with Gasteiger partial charge in [-0.3, -0.25) is 4.55 Å². The van der Waals surface area contributed by atoms with Crippen LogP contribution >= 0.6 is 0 Å². The molecule has 0 spiro atoms. The van der Waals surface area contributed by atoms with Gasteiger partial charge in [-0.25, -0.2) is 0 Å². The van der Waals surface area contributed by atoms with Crippen LogP contribution in [-0.2, 0) is 15.5 Å². The molecule has 92 valence electrons. The predicted molar refractivity (Wildman–Crippen MR) is 64.7 cm³/mol. The van der Waals surface area contributed by atoms with Gasteiger partial charge in [-0.05, 0) is 35.6 Å². The zero-order valence-electron chi connectivity index (χ0n) is 10.1. The van der Waals surface area contributed by atoms with Gasteiger partial charge >= 0.3 is 0 Å². The van der Waals surface area contributed by atoms with Crippen molar-refractivity contribution in [3.05, 3.63) is 29.3 Å². The Bertz CT molecular complexity index is 472.